The van der Waals surface area contributed by atoms with Gasteiger partial charge in [0.1, 0.15) is 6.10 Å². The maximum atomic E-state index is 14.7. The third kappa shape index (κ3) is 7.50. The van der Waals surface area contributed by atoms with Crippen LogP contribution in [0.15, 0.2) is 97.3 Å². The number of hydrogen-bond acceptors (Lipinski definition) is 5. The molecule has 1 aromatic heterocycles. The summed E-state index contributed by atoms with van der Waals surface area (Å²) in [6.07, 6.45) is 5.48. The topological polar surface area (TPSA) is 79.7 Å². The minimum atomic E-state index is -0.401. The second-order valence-electron chi connectivity index (χ2n) is 12.9. The van der Waals surface area contributed by atoms with Crippen LogP contribution >= 0.6 is 0 Å². The van der Waals surface area contributed by atoms with Gasteiger partial charge in [0.15, 0.2) is 5.69 Å². The highest BCUT2D eigenvalue weighted by atomic mass is 16.6. The van der Waals surface area contributed by atoms with Gasteiger partial charge in [-0.05, 0) is 50.7 Å². The number of piperazine rings is 1. The van der Waals surface area contributed by atoms with Gasteiger partial charge >= 0.3 is 6.09 Å². The Labute approximate surface area is 272 Å². The van der Waals surface area contributed by atoms with Crippen LogP contribution < -0.4 is 5.32 Å². The predicted molar refractivity (Wildman–Crippen MR) is 180 cm³/mol. The predicted octanol–water partition coefficient (Wildman–Crippen LogP) is 6.74. The fraction of sp³-hybridized carbons (Fsp3) is 0.395. The highest BCUT2D eigenvalue weighted by Gasteiger charge is 2.37. The Bertz CT molecular complexity index is 1570. The molecule has 0 radical (unpaired) electrons. The lowest BCUT2D eigenvalue weighted by molar-refractivity contribution is 0.0400. The molecule has 1 saturated heterocycles. The molecule has 1 N–H and O–H groups in total. The van der Waals surface area contributed by atoms with E-state index in [0.29, 0.717) is 12.2 Å². The van der Waals surface area contributed by atoms with E-state index in [1.807, 2.05) is 61.2 Å². The lowest BCUT2D eigenvalue weighted by Crippen LogP contribution is -2.55. The van der Waals surface area contributed by atoms with Crippen molar-refractivity contribution in [1.29, 1.82) is 0 Å². The summed E-state index contributed by atoms with van der Waals surface area (Å²) in [5.41, 5.74) is 4.67. The summed E-state index contributed by atoms with van der Waals surface area (Å²) in [7, 11) is 0. The summed E-state index contributed by atoms with van der Waals surface area (Å²) in [6.45, 7) is 6.89. The van der Waals surface area contributed by atoms with Crippen molar-refractivity contribution in [2.24, 2.45) is 0 Å². The lowest BCUT2D eigenvalue weighted by atomic mass is 9.91. The summed E-state index contributed by atoms with van der Waals surface area (Å²) >= 11 is 0. The molecule has 2 heterocycles. The largest absolute Gasteiger partial charge is 0.444 e. The van der Waals surface area contributed by atoms with Crippen molar-refractivity contribution in [3.8, 4) is 11.3 Å². The maximum Gasteiger partial charge on any atom is 0.407 e. The number of carbonyl (C=O) groups is 2. The number of benzene rings is 3. The van der Waals surface area contributed by atoms with E-state index in [1.165, 1.54) is 11.1 Å². The Balaban J connectivity index is 1.32. The number of imidazole rings is 1. The molecule has 2 unspecified atom stereocenters. The van der Waals surface area contributed by atoms with E-state index in [4.69, 9.17) is 9.72 Å². The zero-order valence-corrected chi connectivity index (χ0v) is 26.9. The van der Waals surface area contributed by atoms with Gasteiger partial charge in [-0.15, -0.1) is 0 Å². The van der Waals surface area contributed by atoms with Crippen LogP contribution in [0.3, 0.4) is 0 Å². The highest BCUT2D eigenvalue weighted by molar-refractivity contribution is 5.98. The van der Waals surface area contributed by atoms with E-state index in [1.54, 1.807) is 6.33 Å². The van der Waals surface area contributed by atoms with Gasteiger partial charge in [-0.25, -0.2) is 9.78 Å². The number of hydrogen-bond donors (Lipinski definition) is 1. The van der Waals surface area contributed by atoms with Crippen molar-refractivity contribution in [3.05, 3.63) is 114 Å². The molecular formula is C38H45N5O3. The van der Waals surface area contributed by atoms with Crippen LogP contribution in [0.25, 0.3) is 11.3 Å². The summed E-state index contributed by atoms with van der Waals surface area (Å²) in [5, 5.41) is 2.87. The average Bonchev–Trinajstić information content (AvgIpc) is 3.51. The van der Waals surface area contributed by atoms with Crippen molar-refractivity contribution < 1.29 is 14.3 Å². The van der Waals surface area contributed by atoms with Gasteiger partial charge in [-0.2, -0.15) is 0 Å². The third-order valence-electron chi connectivity index (χ3n) is 9.12. The first-order valence-electron chi connectivity index (χ1n) is 16.7. The third-order valence-corrected chi connectivity index (χ3v) is 9.12. The maximum absolute atomic E-state index is 14.7. The van der Waals surface area contributed by atoms with Gasteiger partial charge in [0.25, 0.3) is 5.91 Å². The van der Waals surface area contributed by atoms with Crippen molar-refractivity contribution in [2.45, 2.75) is 76.7 Å². The molecule has 46 heavy (non-hydrogen) atoms. The Hall–Kier alpha value is -4.43. The lowest BCUT2D eigenvalue weighted by Gasteiger charge is -2.41. The van der Waals surface area contributed by atoms with E-state index in [-0.39, 0.29) is 30.1 Å². The van der Waals surface area contributed by atoms with E-state index in [2.05, 4.69) is 63.3 Å². The highest BCUT2D eigenvalue weighted by Crippen LogP contribution is 2.37. The van der Waals surface area contributed by atoms with Crippen LogP contribution in [0.1, 0.15) is 67.2 Å². The minimum absolute atomic E-state index is 0.00775. The molecule has 0 spiro atoms. The SMILES string of the molecule is CC(C)NC(=O)OC1CCCCC1n1cnc(C(=O)N2CCN(Cc3ccccc3)C[C@@H]2Cc2ccccc2)c1-c1ccccc1. The smallest absolute Gasteiger partial charge is 0.407 e. The van der Waals surface area contributed by atoms with Crippen LogP contribution in [0, 0.1) is 0 Å². The van der Waals surface area contributed by atoms with Crippen LogP contribution in [0.5, 0.6) is 0 Å². The van der Waals surface area contributed by atoms with Gasteiger partial charge in [0.05, 0.1) is 18.1 Å². The molecule has 1 aliphatic carbocycles. The molecule has 1 aliphatic heterocycles. The number of nitrogens with zero attached hydrogens (tertiary/aromatic N) is 4. The molecular weight excluding hydrogens is 574 g/mol. The molecule has 2 amide bonds. The number of ether oxygens (including phenoxy) is 1. The minimum Gasteiger partial charge on any atom is -0.444 e. The van der Waals surface area contributed by atoms with E-state index in [9.17, 15) is 9.59 Å². The Morgan fingerprint density at radius 2 is 1.52 bits per heavy atom. The standard InChI is InChI=1S/C38H45N5O3/c1-28(2)40-38(45)46-34-21-13-12-20-33(34)43-27-39-35(36(43)31-18-10-5-11-19-31)37(44)42-23-22-41(25-30-16-8-4-9-17-30)26-32(42)24-29-14-6-3-7-15-29/h3-11,14-19,27-28,32-34H,12-13,20-26H2,1-2H3,(H,40,45)/t32-,33?,34?/m0/s1. The first-order chi connectivity index (χ1) is 22.5. The Morgan fingerprint density at radius 3 is 2.22 bits per heavy atom. The number of nitrogens with one attached hydrogen (secondary N) is 1. The van der Waals surface area contributed by atoms with Gasteiger partial charge < -0.3 is 19.5 Å². The van der Waals surface area contributed by atoms with E-state index in [0.717, 1.165) is 63.0 Å². The number of amides is 2. The molecule has 8 nitrogen and oxygen atoms in total. The first kappa shape index (κ1) is 31.5. The number of carbonyl (C=O) groups excluding carboxylic acids is 2. The zero-order valence-electron chi connectivity index (χ0n) is 26.9. The van der Waals surface area contributed by atoms with Crippen LogP contribution in [0.4, 0.5) is 4.79 Å². The molecule has 3 aromatic carbocycles. The molecule has 8 heteroatoms. The first-order valence-corrected chi connectivity index (χ1v) is 16.7. The Morgan fingerprint density at radius 1 is 0.870 bits per heavy atom. The normalized spacial score (nSPS) is 20.4. The molecule has 0 bridgehead atoms. The number of aromatic nitrogens is 2. The van der Waals surface area contributed by atoms with Crippen molar-refractivity contribution in [3.63, 3.8) is 0 Å². The second-order valence-corrected chi connectivity index (χ2v) is 12.9. The van der Waals surface area contributed by atoms with Gasteiger partial charge in [-0.1, -0.05) is 97.4 Å². The molecule has 240 valence electrons. The van der Waals surface area contributed by atoms with Crippen molar-refractivity contribution >= 4 is 12.0 Å². The number of rotatable bonds is 9. The van der Waals surface area contributed by atoms with Crippen molar-refractivity contribution in [1.82, 2.24) is 24.7 Å². The molecule has 2 fully saturated rings. The van der Waals surface area contributed by atoms with Crippen molar-refractivity contribution in [2.75, 3.05) is 19.6 Å². The quantitative estimate of drug-likeness (QED) is 0.225. The molecule has 2 aliphatic rings. The van der Waals surface area contributed by atoms with E-state index >= 15 is 0 Å². The monoisotopic (exact) mass is 619 g/mol. The van der Waals surface area contributed by atoms with E-state index < -0.39 is 6.09 Å². The molecule has 1 saturated carbocycles. The second kappa shape index (κ2) is 14.8. The zero-order chi connectivity index (χ0) is 31.9. The molecule has 4 aromatic rings. The van der Waals surface area contributed by atoms with Gasteiger partial charge in [-0.3, -0.25) is 9.69 Å². The summed E-state index contributed by atoms with van der Waals surface area (Å²) in [6, 6.07) is 30.9. The molecule has 3 atom stereocenters. The number of alkyl carbamates (subject to hydrolysis) is 1. The average molecular weight is 620 g/mol. The summed E-state index contributed by atoms with van der Waals surface area (Å²) in [5.74, 6) is -0.0521. The van der Waals surface area contributed by atoms with Gasteiger partial charge in [0.2, 0.25) is 0 Å². The molecule has 6 rings (SSSR count). The van der Waals surface area contributed by atoms with Crippen LogP contribution in [-0.4, -0.2) is 69.2 Å². The fourth-order valence-electron chi connectivity index (χ4n) is 6.96. The van der Waals surface area contributed by atoms with Crippen LogP contribution in [0.2, 0.25) is 0 Å². The fourth-order valence-corrected chi connectivity index (χ4v) is 6.96. The van der Waals surface area contributed by atoms with Gasteiger partial charge in [0, 0.05) is 43.8 Å². The Kier molecular flexibility index (Phi) is 10.1. The van der Waals surface area contributed by atoms with Crippen LogP contribution in [-0.2, 0) is 17.7 Å². The summed E-state index contributed by atoms with van der Waals surface area (Å²) in [4.78, 5) is 36.7. The summed E-state index contributed by atoms with van der Waals surface area (Å²) < 4.78 is 8.09.